The van der Waals surface area contributed by atoms with Gasteiger partial charge in [0.1, 0.15) is 13.2 Å². The molecule has 0 radical (unpaired) electrons. The average Bonchev–Trinajstić information content (AvgIpc) is 3.19. The van der Waals surface area contributed by atoms with Crippen LogP contribution in [0.1, 0.15) is 27.9 Å². The highest BCUT2D eigenvalue weighted by atomic mass is 16.6. The van der Waals surface area contributed by atoms with Crippen molar-refractivity contribution in [3.05, 3.63) is 47.0 Å². The summed E-state index contributed by atoms with van der Waals surface area (Å²) in [6.07, 6.45) is 0.743. The zero-order valence-electron chi connectivity index (χ0n) is 19.9. The highest BCUT2D eigenvalue weighted by molar-refractivity contribution is 6.02. The summed E-state index contributed by atoms with van der Waals surface area (Å²) in [7, 11) is 3.17. The first kappa shape index (κ1) is 24.0. The number of fused-ring (bicyclic) bond motifs is 1. The van der Waals surface area contributed by atoms with E-state index in [0.29, 0.717) is 57.3 Å². The van der Waals surface area contributed by atoms with Gasteiger partial charge in [-0.3, -0.25) is 4.79 Å². The van der Waals surface area contributed by atoms with Crippen LogP contribution in [0.15, 0.2) is 30.3 Å². The fourth-order valence-corrected chi connectivity index (χ4v) is 4.39. The Morgan fingerprint density at radius 3 is 2.53 bits per heavy atom. The molecule has 8 nitrogen and oxygen atoms in total. The van der Waals surface area contributed by atoms with E-state index in [0.717, 1.165) is 27.8 Å². The first-order valence-corrected chi connectivity index (χ1v) is 11.4. The lowest BCUT2D eigenvalue weighted by molar-refractivity contribution is -0.129. The number of methoxy groups -OCH3 is 2. The Morgan fingerprint density at radius 1 is 1.03 bits per heavy atom. The molecule has 0 aromatic heterocycles. The molecule has 2 aromatic rings. The fourth-order valence-electron chi connectivity index (χ4n) is 4.39. The molecule has 1 saturated heterocycles. The SMILES string of the molecule is COCCOC(=O)NCC1(COc2c(-c3cccc4c3CCC4=O)ccc(C)c2OC)COC1. The number of carbonyl (C=O) groups excluding carboxylic acids is 2. The molecule has 182 valence electrons. The lowest BCUT2D eigenvalue weighted by Gasteiger charge is -2.41. The minimum absolute atomic E-state index is 0.174. The molecule has 1 aliphatic carbocycles. The number of hydrogen-bond donors (Lipinski definition) is 1. The lowest BCUT2D eigenvalue weighted by atomic mass is 9.87. The van der Waals surface area contributed by atoms with Crippen molar-refractivity contribution in [3.63, 3.8) is 0 Å². The summed E-state index contributed by atoms with van der Waals surface area (Å²) in [5.74, 6) is 1.46. The molecule has 1 aliphatic heterocycles. The Balaban J connectivity index is 1.56. The maximum absolute atomic E-state index is 12.3. The first-order chi connectivity index (χ1) is 16.5. The molecule has 0 atom stereocenters. The second-order valence-corrected chi connectivity index (χ2v) is 8.81. The second-order valence-electron chi connectivity index (χ2n) is 8.81. The number of hydrogen-bond acceptors (Lipinski definition) is 7. The van der Waals surface area contributed by atoms with E-state index in [9.17, 15) is 9.59 Å². The van der Waals surface area contributed by atoms with Crippen molar-refractivity contribution < 1.29 is 33.3 Å². The number of nitrogens with one attached hydrogen (secondary N) is 1. The summed E-state index contributed by atoms with van der Waals surface area (Å²) in [6, 6.07) is 9.83. The van der Waals surface area contributed by atoms with E-state index in [1.165, 1.54) is 0 Å². The summed E-state index contributed by atoms with van der Waals surface area (Å²) in [5.41, 5.74) is 4.27. The normalized spacial score (nSPS) is 15.9. The molecule has 1 amide bonds. The molecule has 0 saturated carbocycles. The van der Waals surface area contributed by atoms with Crippen LogP contribution in [-0.2, 0) is 20.6 Å². The van der Waals surface area contributed by atoms with Crippen LogP contribution in [0.5, 0.6) is 11.5 Å². The number of rotatable bonds is 10. The van der Waals surface area contributed by atoms with Gasteiger partial charge in [-0.2, -0.15) is 0 Å². The van der Waals surface area contributed by atoms with Gasteiger partial charge in [0.25, 0.3) is 0 Å². The monoisotopic (exact) mass is 469 g/mol. The number of alkyl carbamates (subject to hydrolysis) is 1. The maximum atomic E-state index is 12.3. The molecule has 34 heavy (non-hydrogen) atoms. The molecule has 0 spiro atoms. The largest absolute Gasteiger partial charge is 0.493 e. The molecule has 1 N–H and O–H groups in total. The van der Waals surface area contributed by atoms with Gasteiger partial charge in [-0.1, -0.05) is 30.3 Å². The van der Waals surface area contributed by atoms with E-state index in [1.54, 1.807) is 14.2 Å². The number of carbonyl (C=O) groups is 2. The first-order valence-electron chi connectivity index (χ1n) is 11.4. The third-order valence-electron chi connectivity index (χ3n) is 6.35. The van der Waals surface area contributed by atoms with Crippen molar-refractivity contribution in [2.75, 3.05) is 53.8 Å². The van der Waals surface area contributed by atoms with E-state index in [4.69, 9.17) is 23.7 Å². The molecule has 8 heteroatoms. The summed E-state index contributed by atoms with van der Waals surface area (Å²) >= 11 is 0. The number of ketones is 1. The quantitative estimate of drug-likeness (QED) is 0.532. The average molecular weight is 470 g/mol. The van der Waals surface area contributed by atoms with Gasteiger partial charge >= 0.3 is 6.09 Å². The summed E-state index contributed by atoms with van der Waals surface area (Å²) in [4.78, 5) is 24.3. The van der Waals surface area contributed by atoms with Gasteiger partial charge in [0.2, 0.25) is 0 Å². The highest BCUT2D eigenvalue weighted by Gasteiger charge is 2.41. The van der Waals surface area contributed by atoms with Gasteiger partial charge in [-0.05, 0) is 30.0 Å². The van der Waals surface area contributed by atoms with Crippen molar-refractivity contribution in [3.8, 4) is 22.6 Å². The molecule has 2 aliphatic rings. The van der Waals surface area contributed by atoms with Gasteiger partial charge in [-0.25, -0.2) is 4.79 Å². The van der Waals surface area contributed by atoms with Crippen LogP contribution < -0.4 is 14.8 Å². The van der Waals surface area contributed by atoms with Crippen LogP contribution in [0, 0.1) is 12.3 Å². The minimum Gasteiger partial charge on any atom is -0.493 e. The molecule has 1 heterocycles. The number of ether oxygens (including phenoxy) is 5. The van der Waals surface area contributed by atoms with Crippen molar-refractivity contribution in [2.45, 2.75) is 19.8 Å². The van der Waals surface area contributed by atoms with Gasteiger partial charge in [-0.15, -0.1) is 0 Å². The molecule has 4 rings (SSSR count). The number of amides is 1. The van der Waals surface area contributed by atoms with E-state index in [2.05, 4.69) is 5.32 Å². The predicted molar refractivity (Wildman–Crippen MR) is 126 cm³/mol. The summed E-state index contributed by atoms with van der Waals surface area (Å²) in [6.45, 7) is 4.11. The Kier molecular flexibility index (Phi) is 7.38. The van der Waals surface area contributed by atoms with Crippen molar-refractivity contribution in [1.29, 1.82) is 0 Å². The Hall–Kier alpha value is -3.10. The summed E-state index contributed by atoms with van der Waals surface area (Å²) < 4.78 is 27.6. The van der Waals surface area contributed by atoms with Crippen LogP contribution >= 0.6 is 0 Å². The van der Waals surface area contributed by atoms with Crippen molar-refractivity contribution in [2.24, 2.45) is 5.41 Å². The third-order valence-corrected chi connectivity index (χ3v) is 6.35. The van der Waals surface area contributed by atoms with E-state index >= 15 is 0 Å². The molecule has 0 unspecified atom stereocenters. The van der Waals surface area contributed by atoms with Gasteiger partial charge in [0, 0.05) is 31.2 Å². The van der Waals surface area contributed by atoms with Crippen molar-refractivity contribution >= 4 is 11.9 Å². The summed E-state index contributed by atoms with van der Waals surface area (Å²) in [5, 5.41) is 2.80. The van der Waals surface area contributed by atoms with Crippen molar-refractivity contribution in [1.82, 2.24) is 5.32 Å². The maximum Gasteiger partial charge on any atom is 0.407 e. The molecule has 1 fully saturated rings. The van der Waals surface area contributed by atoms with Gasteiger partial charge < -0.3 is 29.0 Å². The molecular formula is C26H31NO7. The number of Topliss-reactive ketones (excluding diaryl/α,β-unsaturated/α-hetero) is 1. The highest BCUT2D eigenvalue weighted by Crippen LogP contribution is 2.44. The Bertz CT molecular complexity index is 1060. The second kappa shape index (κ2) is 10.4. The van der Waals surface area contributed by atoms with E-state index in [1.807, 2.05) is 37.3 Å². The zero-order chi connectivity index (χ0) is 24.1. The van der Waals surface area contributed by atoms with E-state index in [-0.39, 0.29) is 17.8 Å². The van der Waals surface area contributed by atoms with E-state index < -0.39 is 6.09 Å². The molecule has 0 bridgehead atoms. The standard InChI is InChI=1S/C26H31NO7/c1-17-7-8-21(18-5-4-6-20-19(18)9-10-22(20)28)24(23(17)31-3)34-16-26(14-32-15-26)13-27-25(29)33-12-11-30-2/h4-8H,9-16H2,1-3H3,(H,27,29). The number of aryl methyl sites for hydroxylation is 1. The Labute approximate surface area is 199 Å². The zero-order valence-corrected chi connectivity index (χ0v) is 19.9. The van der Waals surface area contributed by atoms with Crippen LogP contribution in [0.25, 0.3) is 11.1 Å². The number of benzene rings is 2. The molecular weight excluding hydrogens is 438 g/mol. The smallest absolute Gasteiger partial charge is 0.407 e. The van der Waals surface area contributed by atoms with Crippen LogP contribution in [-0.4, -0.2) is 65.7 Å². The van der Waals surface area contributed by atoms with Gasteiger partial charge in [0.15, 0.2) is 17.3 Å². The van der Waals surface area contributed by atoms with Crippen LogP contribution in [0.3, 0.4) is 0 Å². The molecule has 2 aromatic carbocycles. The predicted octanol–water partition coefficient (Wildman–Crippen LogP) is 3.57. The van der Waals surface area contributed by atoms with Crippen LogP contribution in [0.2, 0.25) is 0 Å². The lowest BCUT2D eigenvalue weighted by Crippen LogP contribution is -2.54. The minimum atomic E-state index is -0.498. The topological polar surface area (TPSA) is 92.3 Å². The fraction of sp³-hybridized carbons (Fsp3) is 0.462. The van der Waals surface area contributed by atoms with Gasteiger partial charge in [0.05, 0.1) is 32.3 Å². The third kappa shape index (κ3) is 4.88. The Morgan fingerprint density at radius 2 is 1.82 bits per heavy atom. The van der Waals surface area contributed by atoms with Crippen LogP contribution in [0.4, 0.5) is 4.79 Å².